The fraction of sp³-hybridized carbons (Fsp3) is 0.458. The number of aromatic nitrogens is 4. The summed E-state index contributed by atoms with van der Waals surface area (Å²) < 4.78 is 2.01. The quantitative estimate of drug-likeness (QED) is 0.369. The number of imidazole rings is 1. The standard InChI is InChI=1S/C24H26Cl2N8O2/c25-17-7-12(10-27)8-18(26)20(17)32-24-31-19-11-29-23(30-14-3-6-16(35)9-14)33-22(19)34(24)15-4-1-13(2-5-15)21(28)36/h7-8,11,13-16,35H,1-6,9H2,(H2,28,36)(H,31,32)(H,29,30,33)/t13-,14-,15+,16-/m1/s1. The average molecular weight is 529 g/mol. The van der Waals surface area contributed by atoms with E-state index in [1.165, 1.54) is 0 Å². The van der Waals surface area contributed by atoms with Gasteiger partial charge in [0.15, 0.2) is 5.65 Å². The van der Waals surface area contributed by atoms with E-state index in [0.29, 0.717) is 63.6 Å². The van der Waals surface area contributed by atoms with Crippen LogP contribution in [-0.4, -0.2) is 42.7 Å². The van der Waals surface area contributed by atoms with Gasteiger partial charge in [0.1, 0.15) is 5.52 Å². The highest BCUT2D eigenvalue weighted by Crippen LogP contribution is 2.39. The molecule has 188 valence electrons. The van der Waals surface area contributed by atoms with Gasteiger partial charge in [-0.15, -0.1) is 0 Å². The molecule has 2 atom stereocenters. The van der Waals surface area contributed by atoms with Crippen molar-refractivity contribution >= 4 is 57.9 Å². The Labute approximate surface area is 217 Å². The molecule has 0 saturated heterocycles. The largest absolute Gasteiger partial charge is 0.393 e. The molecule has 2 fully saturated rings. The lowest BCUT2D eigenvalue weighted by molar-refractivity contribution is -0.122. The zero-order valence-electron chi connectivity index (χ0n) is 19.4. The van der Waals surface area contributed by atoms with Gasteiger partial charge in [-0.3, -0.25) is 9.36 Å². The fourth-order valence-electron chi connectivity index (χ4n) is 5.15. The fourth-order valence-corrected chi connectivity index (χ4v) is 5.73. The van der Waals surface area contributed by atoms with Crippen LogP contribution in [0.25, 0.3) is 11.2 Å². The third-order valence-corrected chi connectivity index (χ3v) is 7.64. The molecule has 5 N–H and O–H groups in total. The molecule has 2 saturated carbocycles. The van der Waals surface area contributed by atoms with E-state index in [4.69, 9.17) is 38.9 Å². The summed E-state index contributed by atoms with van der Waals surface area (Å²) in [5, 5.41) is 26.2. The van der Waals surface area contributed by atoms with E-state index in [-0.39, 0.29) is 30.0 Å². The van der Waals surface area contributed by atoms with Crippen molar-refractivity contribution in [2.24, 2.45) is 11.7 Å². The molecular formula is C24H26Cl2N8O2. The number of anilines is 3. The summed E-state index contributed by atoms with van der Waals surface area (Å²) in [5.74, 6) is 0.542. The maximum absolute atomic E-state index is 11.7. The van der Waals surface area contributed by atoms with Crippen molar-refractivity contribution in [3.05, 3.63) is 33.9 Å². The second-order valence-corrected chi connectivity index (χ2v) is 10.3. The maximum Gasteiger partial charge on any atom is 0.224 e. The molecule has 12 heteroatoms. The lowest BCUT2D eigenvalue weighted by Gasteiger charge is -2.29. The number of aliphatic hydroxyl groups excluding tert-OH is 1. The number of nitriles is 1. The predicted molar refractivity (Wildman–Crippen MR) is 137 cm³/mol. The Balaban J connectivity index is 1.53. The summed E-state index contributed by atoms with van der Waals surface area (Å²) >= 11 is 12.9. The predicted octanol–water partition coefficient (Wildman–Crippen LogP) is 4.29. The molecule has 36 heavy (non-hydrogen) atoms. The van der Waals surface area contributed by atoms with Crippen molar-refractivity contribution in [2.45, 2.75) is 63.1 Å². The SMILES string of the molecule is N#Cc1cc(Cl)c(Nc2nc3cnc(N[C@@H]4CC[C@@H](O)C4)nc3n2[C@H]2CC[C@@H](C(N)=O)CC2)c(Cl)c1. The van der Waals surface area contributed by atoms with E-state index in [0.717, 1.165) is 25.7 Å². The summed E-state index contributed by atoms with van der Waals surface area (Å²) in [6.45, 7) is 0. The van der Waals surface area contributed by atoms with Crippen molar-refractivity contribution in [3.63, 3.8) is 0 Å². The second-order valence-electron chi connectivity index (χ2n) is 9.48. The van der Waals surface area contributed by atoms with Crippen LogP contribution in [0.5, 0.6) is 0 Å². The zero-order chi connectivity index (χ0) is 25.4. The third kappa shape index (κ3) is 4.91. The first-order valence-corrected chi connectivity index (χ1v) is 12.7. The van der Waals surface area contributed by atoms with Gasteiger partial charge in [-0.2, -0.15) is 10.2 Å². The van der Waals surface area contributed by atoms with Crippen molar-refractivity contribution in [2.75, 3.05) is 10.6 Å². The van der Waals surface area contributed by atoms with Crippen LogP contribution in [-0.2, 0) is 4.79 Å². The summed E-state index contributed by atoms with van der Waals surface area (Å²) in [4.78, 5) is 25.7. The molecule has 1 amide bonds. The smallest absolute Gasteiger partial charge is 0.224 e. The van der Waals surface area contributed by atoms with Gasteiger partial charge in [0.05, 0.1) is 39.7 Å². The highest BCUT2D eigenvalue weighted by atomic mass is 35.5. The molecule has 2 heterocycles. The molecular weight excluding hydrogens is 503 g/mol. The Morgan fingerprint density at radius 2 is 1.86 bits per heavy atom. The number of hydrogen-bond donors (Lipinski definition) is 4. The topological polar surface area (TPSA) is 155 Å². The van der Waals surface area contributed by atoms with Crippen molar-refractivity contribution in [3.8, 4) is 6.07 Å². The minimum atomic E-state index is -0.310. The van der Waals surface area contributed by atoms with E-state index in [1.54, 1.807) is 18.3 Å². The highest BCUT2D eigenvalue weighted by Gasteiger charge is 2.30. The zero-order valence-corrected chi connectivity index (χ0v) is 20.9. The lowest BCUT2D eigenvalue weighted by Crippen LogP contribution is -2.29. The number of nitrogens with zero attached hydrogens (tertiary/aromatic N) is 5. The summed E-state index contributed by atoms with van der Waals surface area (Å²) in [6, 6.07) is 5.24. The van der Waals surface area contributed by atoms with E-state index >= 15 is 0 Å². The van der Waals surface area contributed by atoms with Crippen molar-refractivity contribution in [1.29, 1.82) is 5.26 Å². The van der Waals surface area contributed by atoms with Gasteiger partial charge in [-0.1, -0.05) is 23.2 Å². The number of hydrogen-bond acceptors (Lipinski definition) is 8. The molecule has 2 aromatic heterocycles. The molecule has 0 aliphatic heterocycles. The number of fused-ring (bicyclic) bond motifs is 1. The van der Waals surface area contributed by atoms with Crippen LogP contribution in [0, 0.1) is 17.2 Å². The minimum Gasteiger partial charge on any atom is -0.393 e. The lowest BCUT2D eigenvalue weighted by atomic mass is 9.85. The van der Waals surface area contributed by atoms with Gasteiger partial charge in [-0.25, -0.2) is 9.97 Å². The molecule has 0 radical (unpaired) electrons. The van der Waals surface area contributed by atoms with Gasteiger partial charge in [0, 0.05) is 18.0 Å². The van der Waals surface area contributed by atoms with E-state index < -0.39 is 0 Å². The van der Waals surface area contributed by atoms with Crippen LogP contribution < -0.4 is 16.4 Å². The maximum atomic E-state index is 11.7. The number of carbonyl (C=O) groups excluding carboxylic acids is 1. The number of halogens is 2. The van der Waals surface area contributed by atoms with Crippen LogP contribution in [0.15, 0.2) is 18.3 Å². The normalized spacial score (nSPS) is 23.9. The Morgan fingerprint density at radius 3 is 2.47 bits per heavy atom. The molecule has 2 aliphatic rings. The number of rotatable bonds is 6. The minimum absolute atomic E-state index is 0.0140. The van der Waals surface area contributed by atoms with Gasteiger partial charge in [0.25, 0.3) is 0 Å². The molecule has 3 aromatic rings. The molecule has 0 unspecified atom stereocenters. The van der Waals surface area contributed by atoms with Gasteiger partial charge < -0.3 is 21.5 Å². The Kier molecular flexibility index (Phi) is 6.88. The second kappa shape index (κ2) is 10.1. The van der Waals surface area contributed by atoms with Crippen molar-refractivity contribution < 1.29 is 9.90 Å². The highest BCUT2D eigenvalue weighted by molar-refractivity contribution is 6.39. The summed E-state index contributed by atoms with van der Waals surface area (Å²) in [7, 11) is 0. The number of nitrogens with two attached hydrogens (primary N) is 1. The van der Waals surface area contributed by atoms with Gasteiger partial charge >= 0.3 is 0 Å². The van der Waals surface area contributed by atoms with Crippen molar-refractivity contribution in [1.82, 2.24) is 19.5 Å². The third-order valence-electron chi connectivity index (χ3n) is 7.04. The molecule has 0 spiro atoms. The first-order chi connectivity index (χ1) is 17.3. The number of aliphatic hydroxyl groups is 1. The monoisotopic (exact) mass is 528 g/mol. The number of carbonyl (C=O) groups is 1. The number of benzene rings is 1. The number of primary amides is 1. The Bertz CT molecular complexity index is 1320. The molecule has 1 aromatic carbocycles. The van der Waals surface area contributed by atoms with Crippen LogP contribution in [0.3, 0.4) is 0 Å². The molecule has 0 bridgehead atoms. The van der Waals surface area contributed by atoms with E-state index in [1.807, 2.05) is 10.6 Å². The first kappa shape index (κ1) is 24.6. The van der Waals surface area contributed by atoms with Crippen LogP contribution in [0.1, 0.15) is 56.6 Å². The van der Waals surface area contributed by atoms with Crippen LogP contribution in [0.4, 0.5) is 17.6 Å². The molecule has 2 aliphatic carbocycles. The average Bonchev–Trinajstić information content (AvgIpc) is 3.43. The van der Waals surface area contributed by atoms with Crippen LogP contribution >= 0.6 is 23.2 Å². The number of amides is 1. The summed E-state index contributed by atoms with van der Waals surface area (Å²) in [6.07, 6.45) is 6.41. The number of nitrogens with one attached hydrogen (secondary N) is 2. The van der Waals surface area contributed by atoms with Crippen LogP contribution in [0.2, 0.25) is 10.0 Å². The Morgan fingerprint density at radius 1 is 1.14 bits per heavy atom. The molecule has 10 nitrogen and oxygen atoms in total. The van der Waals surface area contributed by atoms with Gasteiger partial charge in [0.2, 0.25) is 17.8 Å². The van der Waals surface area contributed by atoms with E-state index in [9.17, 15) is 15.2 Å². The van der Waals surface area contributed by atoms with E-state index in [2.05, 4.69) is 15.6 Å². The molecule has 5 rings (SSSR count). The first-order valence-electron chi connectivity index (χ1n) is 12.0. The van der Waals surface area contributed by atoms with Gasteiger partial charge in [-0.05, 0) is 57.1 Å². The Hall–Kier alpha value is -3.13. The summed E-state index contributed by atoms with van der Waals surface area (Å²) in [5.41, 5.74) is 7.57.